The Morgan fingerprint density at radius 3 is 2.43 bits per heavy atom. The number of hydrogen-bond acceptors (Lipinski definition) is 2. The number of phenols is 1. The van der Waals surface area contributed by atoms with Crippen LogP contribution in [-0.2, 0) is 12.8 Å². The van der Waals surface area contributed by atoms with E-state index in [0.717, 1.165) is 33.7 Å². The molecule has 118 valence electrons. The average Bonchev–Trinajstić information content (AvgIpc) is 2.57. The van der Waals surface area contributed by atoms with E-state index in [9.17, 15) is 5.11 Å². The van der Waals surface area contributed by atoms with E-state index < -0.39 is 0 Å². The van der Waals surface area contributed by atoms with Gasteiger partial charge in [0, 0.05) is 16.6 Å². The average molecular weight is 305 g/mol. The first-order valence-corrected chi connectivity index (χ1v) is 8.46. The lowest BCUT2D eigenvalue weighted by Gasteiger charge is -2.21. The first-order valence-electron chi connectivity index (χ1n) is 8.46. The van der Waals surface area contributed by atoms with Crippen molar-refractivity contribution in [1.29, 1.82) is 0 Å². The maximum Gasteiger partial charge on any atom is 0.129 e. The Morgan fingerprint density at radius 2 is 1.65 bits per heavy atom. The van der Waals surface area contributed by atoms with Crippen LogP contribution in [0.4, 0.5) is 5.69 Å². The van der Waals surface area contributed by atoms with Crippen molar-refractivity contribution in [3.8, 4) is 5.75 Å². The number of aromatic hydroxyl groups is 1. The van der Waals surface area contributed by atoms with Gasteiger partial charge in [-0.3, -0.25) is 0 Å². The summed E-state index contributed by atoms with van der Waals surface area (Å²) < 4.78 is 0. The lowest BCUT2D eigenvalue weighted by Crippen LogP contribution is -2.04. The van der Waals surface area contributed by atoms with Gasteiger partial charge in [0.2, 0.25) is 0 Å². The Kier molecular flexibility index (Phi) is 3.06. The number of nitrogens with two attached hydrogens (primary N) is 1. The van der Waals surface area contributed by atoms with Crippen LogP contribution in [0.15, 0.2) is 18.2 Å². The molecular formula is C21H23NO. The Labute approximate surface area is 136 Å². The number of hydrogen-bond donors (Lipinski definition) is 2. The molecule has 3 aromatic carbocycles. The summed E-state index contributed by atoms with van der Waals surface area (Å²) in [6.07, 6.45) is 4.86. The van der Waals surface area contributed by atoms with E-state index in [4.69, 9.17) is 5.73 Å². The summed E-state index contributed by atoms with van der Waals surface area (Å²) in [6, 6.07) is 6.74. The standard InChI is InChI=1S/C21H23NO/c1-11-10-17-15-7-5-4-6-14(15)8-9-16(17)19-18(11)12(2)20(22)13(3)21(19)23/h8-10,23H,4-7,22H2,1-3H3. The predicted octanol–water partition coefficient (Wildman–Crippen LogP) is 5.08. The second-order valence-corrected chi connectivity index (χ2v) is 6.96. The lowest BCUT2D eigenvalue weighted by molar-refractivity contribution is 0.478. The van der Waals surface area contributed by atoms with Crippen molar-refractivity contribution in [3.63, 3.8) is 0 Å². The molecule has 2 heteroatoms. The monoisotopic (exact) mass is 305 g/mol. The van der Waals surface area contributed by atoms with Crippen LogP contribution < -0.4 is 5.73 Å². The zero-order valence-electron chi connectivity index (χ0n) is 14.1. The molecule has 0 radical (unpaired) electrons. The second-order valence-electron chi connectivity index (χ2n) is 6.96. The zero-order valence-corrected chi connectivity index (χ0v) is 14.1. The molecule has 0 aromatic heterocycles. The SMILES string of the molecule is Cc1c(N)c(C)c2c(C)cc3c4c(ccc3c2c1O)CCCC4. The summed E-state index contributed by atoms with van der Waals surface area (Å²) in [5.41, 5.74) is 12.9. The van der Waals surface area contributed by atoms with Crippen LogP contribution in [0, 0.1) is 20.8 Å². The summed E-state index contributed by atoms with van der Waals surface area (Å²) in [6.45, 7) is 6.09. The van der Waals surface area contributed by atoms with Gasteiger partial charge in [-0.1, -0.05) is 18.2 Å². The van der Waals surface area contributed by atoms with Crippen molar-refractivity contribution in [2.45, 2.75) is 46.5 Å². The van der Waals surface area contributed by atoms with Gasteiger partial charge < -0.3 is 10.8 Å². The van der Waals surface area contributed by atoms with E-state index >= 15 is 0 Å². The molecule has 0 fully saturated rings. The highest BCUT2D eigenvalue weighted by molar-refractivity contribution is 6.15. The molecule has 2 nitrogen and oxygen atoms in total. The zero-order chi connectivity index (χ0) is 16.3. The van der Waals surface area contributed by atoms with E-state index in [1.807, 2.05) is 6.92 Å². The minimum absolute atomic E-state index is 0.340. The van der Waals surface area contributed by atoms with Crippen molar-refractivity contribution >= 4 is 27.2 Å². The fraction of sp³-hybridized carbons (Fsp3) is 0.333. The molecule has 3 aromatic rings. The number of fused-ring (bicyclic) bond motifs is 5. The second kappa shape index (κ2) is 4.89. The van der Waals surface area contributed by atoms with Crippen molar-refractivity contribution in [2.75, 3.05) is 5.73 Å². The first kappa shape index (κ1) is 14.4. The van der Waals surface area contributed by atoms with E-state index in [1.54, 1.807) is 0 Å². The fourth-order valence-corrected chi connectivity index (χ4v) is 4.32. The van der Waals surface area contributed by atoms with Crippen LogP contribution in [-0.4, -0.2) is 5.11 Å². The van der Waals surface area contributed by atoms with Crippen LogP contribution in [0.25, 0.3) is 21.5 Å². The maximum absolute atomic E-state index is 10.8. The Hall–Kier alpha value is -2.22. The first-order chi connectivity index (χ1) is 11.0. The van der Waals surface area contributed by atoms with Crippen LogP contribution in [0.3, 0.4) is 0 Å². The van der Waals surface area contributed by atoms with Crippen molar-refractivity contribution in [1.82, 2.24) is 0 Å². The Morgan fingerprint density at radius 1 is 0.913 bits per heavy atom. The molecule has 0 bridgehead atoms. The molecular weight excluding hydrogens is 282 g/mol. The van der Waals surface area contributed by atoms with Gasteiger partial charge in [-0.25, -0.2) is 0 Å². The summed E-state index contributed by atoms with van der Waals surface area (Å²) in [5.74, 6) is 0.340. The number of benzene rings is 3. The number of rotatable bonds is 0. The molecule has 0 atom stereocenters. The van der Waals surface area contributed by atoms with Gasteiger partial charge >= 0.3 is 0 Å². The van der Waals surface area contributed by atoms with E-state index in [0.29, 0.717) is 11.4 Å². The Bertz CT molecular complexity index is 969. The van der Waals surface area contributed by atoms with Gasteiger partial charge in [0.1, 0.15) is 5.75 Å². The third kappa shape index (κ3) is 1.87. The van der Waals surface area contributed by atoms with Crippen LogP contribution in [0.1, 0.15) is 40.7 Å². The number of anilines is 1. The van der Waals surface area contributed by atoms with Gasteiger partial charge in [0.15, 0.2) is 0 Å². The van der Waals surface area contributed by atoms with Crippen molar-refractivity contribution in [3.05, 3.63) is 46.0 Å². The number of aryl methyl sites for hydroxylation is 4. The summed E-state index contributed by atoms with van der Waals surface area (Å²) >= 11 is 0. The summed E-state index contributed by atoms with van der Waals surface area (Å²) in [7, 11) is 0. The molecule has 0 heterocycles. The highest BCUT2D eigenvalue weighted by atomic mass is 16.3. The summed E-state index contributed by atoms with van der Waals surface area (Å²) in [5, 5.41) is 15.4. The van der Waals surface area contributed by atoms with Gasteiger partial charge in [-0.05, 0) is 84.9 Å². The summed E-state index contributed by atoms with van der Waals surface area (Å²) in [4.78, 5) is 0. The maximum atomic E-state index is 10.8. The van der Waals surface area contributed by atoms with Crippen molar-refractivity contribution < 1.29 is 5.11 Å². The molecule has 0 unspecified atom stereocenters. The molecule has 0 spiro atoms. The normalized spacial score (nSPS) is 14.4. The molecule has 4 rings (SSSR count). The van der Waals surface area contributed by atoms with Gasteiger partial charge in [0.25, 0.3) is 0 Å². The third-order valence-electron chi connectivity index (χ3n) is 5.63. The molecule has 0 saturated carbocycles. The van der Waals surface area contributed by atoms with Gasteiger partial charge in [-0.15, -0.1) is 0 Å². The smallest absolute Gasteiger partial charge is 0.129 e. The largest absolute Gasteiger partial charge is 0.507 e. The van der Waals surface area contributed by atoms with Crippen LogP contribution in [0.5, 0.6) is 5.75 Å². The van der Waals surface area contributed by atoms with Gasteiger partial charge in [0.05, 0.1) is 0 Å². The quantitative estimate of drug-likeness (QED) is 0.449. The topological polar surface area (TPSA) is 46.2 Å². The molecule has 23 heavy (non-hydrogen) atoms. The van der Waals surface area contributed by atoms with Crippen LogP contribution >= 0.6 is 0 Å². The minimum atomic E-state index is 0.340. The van der Waals surface area contributed by atoms with E-state index in [2.05, 4.69) is 32.0 Å². The van der Waals surface area contributed by atoms with Gasteiger partial charge in [-0.2, -0.15) is 0 Å². The molecule has 0 aliphatic heterocycles. The third-order valence-corrected chi connectivity index (χ3v) is 5.63. The highest BCUT2D eigenvalue weighted by Gasteiger charge is 2.19. The highest BCUT2D eigenvalue weighted by Crippen LogP contribution is 2.43. The number of phenolic OH excluding ortho intramolecular Hbond substituents is 1. The van der Waals surface area contributed by atoms with E-state index in [-0.39, 0.29) is 0 Å². The molecule has 0 amide bonds. The predicted molar refractivity (Wildman–Crippen MR) is 98.4 cm³/mol. The van der Waals surface area contributed by atoms with Crippen LogP contribution in [0.2, 0.25) is 0 Å². The lowest BCUT2D eigenvalue weighted by atomic mass is 9.84. The molecule has 1 aliphatic rings. The fourth-order valence-electron chi connectivity index (χ4n) is 4.32. The van der Waals surface area contributed by atoms with E-state index in [1.165, 1.54) is 41.3 Å². The molecule has 1 aliphatic carbocycles. The van der Waals surface area contributed by atoms with Crippen molar-refractivity contribution in [2.24, 2.45) is 0 Å². The molecule has 3 N–H and O–H groups in total. The number of nitrogen functional groups attached to an aromatic ring is 1. The minimum Gasteiger partial charge on any atom is -0.507 e. The molecule has 0 saturated heterocycles. The Balaban J connectivity index is 2.26.